The van der Waals surface area contributed by atoms with Crippen LogP contribution in [-0.4, -0.2) is 38.2 Å². The van der Waals surface area contributed by atoms with Gasteiger partial charge in [-0.3, -0.25) is 4.98 Å². The van der Waals surface area contributed by atoms with Crippen molar-refractivity contribution >= 4 is 17.9 Å². The Morgan fingerprint density at radius 2 is 1.42 bits per heavy atom. The minimum Gasteiger partial charge on any atom is -0.478 e. The van der Waals surface area contributed by atoms with E-state index in [9.17, 15) is 14.4 Å². The van der Waals surface area contributed by atoms with Crippen LogP contribution in [0.4, 0.5) is 0 Å². The van der Waals surface area contributed by atoms with Crippen LogP contribution >= 0.6 is 0 Å². The Kier molecular flexibility index (Phi) is 9.15. The normalized spacial score (nSPS) is 9.04. The Morgan fingerprint density at radius 3 is 1.71 bits per heavy atom. The summed E-state index contributed by atoms with van der Waals surface area (Å²) in [4.78, 5) is 36.0. The molecule has 0 spiro atoms. The summed E-state index contributed by atoms with van der Waals surface area (Å²) in [5.41, 5.74) is 4.44. The first kappa shape index (κ1) is 21.4. The molecule has 24 heavy (non-hydrogen) atoms. The van der Waals surface area contributed by atoms with Crippen LogP contribution in [0, 0.1) is 0 Å². The number of carbonyl (C=O) groups is 3. The number of pyridine rings is 1. The molecule has 8 nitrogen and oxygen atoms in total. The van der Waals surface area contributed by atoms with Gasteiger partial charge in [0.25, 0.3) is 0 Å². The van der Waals surface area contributed by atoms with Gasteiger partial charge in [0.1, 0.15) is 0 Å². The van der Waals surface area contributed by atoms with E-state index in [1.54, 1.807) is 6.20 Å². The van der Waals surface area contributed by atoms with Gasteiger partial charge >= 0.3 is 39.0 Å². The third kappa shape index (κ3) is 5.90. The Hall–Kier alpha value is -2.57. The van der Waals surface area contributed by atoms with Gasteiger partial charge in [0, 0.05) is 12.7 Å². The summed E-state index contributed by atoms with van der Waals surface area (Å²) in [6, 6.07) is 8.96. The third-order valence-electron chi connectivity index (χ3n) is 2.67. The molecule has 0 saturated heterocycles. The molecule has 0 saturated carbocycles. The maximum Gasteiger partial charge on any atom is 2.00 e. The van der Waals surface area contributed by atoms with Crippen molar-refractivity contribution in [2.75, 3.05) is 0 Å². The van der Waals surface area contributed by atoms with Crippen LogP contribution in [0.5, 0.6) is 0 Å². The number of aromatic nitrogens is 1. The number of hydrogen-bond donors (Lipinski definition) is 4. The molecule has 1 heterocycles. The quantitative estimate of drug-likeness (QED) is 0.478. The van der Waals surface area contributed by atoms with Crippen LogP contribution in [0.25, 0.3) is 0 Å². The molecule has 0 unspecified atom stereocenters. The molecule has 0 aliphatic carbocycles. The fourth-order valence-corrected chi connectivity index (χ4v) is 1.66. The molecule has 0 bridgehead atoms. The predicted octanol–water partition coefficient (Wildman–Crippen LogP) is 1.32. The minimum atomic E-state index is -1.58. The van der Waals surface area contributed by atoms with Crippen molar-refractivity contribution in [1.29, 1.82) is 0 Å². The summed E-state index contributed by atoms with van der Waals surface area (Å²) in [6.45, 7) is 0.529. The average molecular weight is 513 g/mol. The molecular formula is C15H14N2O6Pt+2. The molecule has 0 radical (unpaired) electrons. The van der Waals surface area contributed by atoms with Crippen molar-refractivity contribution in [3.05, 3.63) is 65.0 Å². The van der Waals surface area contributed by atoms with Crippen LogP contribution in [0.15, 0.2) is 42.6 Å². The maximum atomic E-state index is 10.7. The van der Waals surface area contributed by atoms with Crippen LogP contribution in [-0.2, 0) is 27.6 Å². The zero-order valence-electron chi connectivity index (χ0n) is 12.2. The minimum absolute atomic E-state index is 0. The van der Waals surface area contributed by atoms with Crippen molar-refractivity contribution < 1.29 is 50.8 Å². The fourth-order valence-electron chi connectivity index (χ4n) is 1.66. The molecule has 1 aromatic heterocycles. The zero-order chi connectivity index (χ0) is 17.4. The number of carboxylic acid groups (broad SMARTS) is 3. The number of nitrogens with two attached hydrogens (primary N) is 1. The second kappa shape index (κ2) is 10.2. The largest absolute Gasteiger partial charge is 2.00 e. The number of benzene rings is 1. The second-order valence-electron chi connectivity index (χ2n) is 4.17. The number of hydrogen-bond acceptors (Lipinski definition) is 5. The van der Waals surface area contributed by atoms with Crippen molar-refractivity contribution in [2.24, 2.45) is 5.73 Å². The molecule has 2 rings (SSSR count). The maximum absolute atomic E-state index is 10.7. The van der Waals surface area contributed by atoms with Crippen molar-refractivity contribution in [3.8, 4) is 0 Å². The van der Waals surface area contributed by atoms with Gasteiger partial charge in [-0.1, -0.05) is 12.1 Å². The first-order valence-corrected chi connectivity index (χ1v) is 6.31. The van der Waals surface area contributed by atoms with Crippen LogP contribution in [0.2, 0.25) is 0 Å². The Balaban J connectivity index is 0.000000498. The average Bonchev–Trinajstić information content (AvgIpc) is 2.55. The van der Waals surface area contributed by atoms with Crippen molar-refractivity contribution in [1.82, 2.24) is 4.98 Å². The van der Waals surface area contributed by atoms with E-state index < -0.39 is 34.6 Å². The van der Waals surface area contributed by atoms with E-state index in [-0.39, 0.29) is 21.1 Å². The Morgan fingerprint density at radius 1 is 0.875 bits per heavy atom. The van der Waals surface area contributed by atoms with Gasteiger partial charge in [0.05, 0.1) is 22.4 Å². The molecule has 9 heteroatoms. The Labute approximate surface area is 151 Å². The van der Waals surface area contributed by atoms with E-state index in [0.717, 1.165) is 17.8 Å². The van der Waals surface area contributed by atoms with Crippen LogP contribution in [0.1, 0.15) is 36.8 Å². The predicted molar refractivity (Wildman–Crippen MR) is 79.4 cm³/mol. The molecule has 0 aliphatic heterocycles. The molecule has 5 N–H and O–H groups in total. The van der Waals surface area contributed by atoms with E-state index in [2.05, 4.69) is 4.98 Å². The fraction of sp³-hybridized carbons (Fsp3) is 0.0667. The van der Waals surface area contributed by atoms with Gasteiger partial charge in [-0.2, -0.15) is 0 Å². The zero-order valence-corrected chi connectivity index (χ0v) is 14.4. The topological polar surface area (TPSA) is 151 Å². The van der Waals surface area contributed by atoms with E-state index >= 15 is 0 Å². The molecule has 0 fully saturated rings. The van der Waals surface area contributed by atoms with E-state index in [1.807, 2.05) is 18.2 Å². The molecule has 128 valence electrons. The van der Waals surface area contributed by atoms with Gasteiger partial charge in [-0.15, -0.1) is 0 Å². The first-order chi connectivity index (χ1) is 10.9. The molecule has 0 aliphatic rings. The monoisotopic (exact) mass is 513 g/mol. The standard InChI is InChI=1S/C9H6O6.C6H8N2.Pt/c10-7(11)4-2-1-3-5(8(12)13)6(4)9(14)15;7-5-6-3-1-2-4-8-6;/h1-3H,(H,10,11)(H,12,13)(H,14,15);1-4H,5,7H2;/q;;+2. The summed E-state index contributed by atoms with van der Waals surface area (Å²) < 4.78 is 0. The molecule has 2 aromatic rings. The number of nitrogens with zero attached hydrogens (tertiary/aromatic N) is 1. The molecule has 1 aromatic carbocycles. The SMILES string of the molecule is NCc1ccccn1.O=C(O)c1cccc(C(=O)O)c1C(=O)O.[Pt+2]. The van der Waals surface area contributed by atoms with Gasteiger partial charge < -0.3 is 21.1 Å². The van der Waals surface area contributed by atoms with Crippen molar-refractivity contribution in [2.45, 2.75) is 6.54 Å². The first-order valence-electron chi connectivity index (χ1n) is 6.31. The summed E-state index contributed by atoms with van der Waals surface area (Å²) in [6.07, 6.45) is 1.74. The van der Waals surface area contributed by atoms with E-state index in [0.29, 0.717) is 6.54 Å². The summed E-state index contributed by atoms with van der Waals surface area (Å²) >= 11 is 0. The number of carboxylic acids is 3. The van der Waals surface area contributed by atoms with Gasteiger partial charge in [0.2, 0.25) is 0 Å². The second-order valence-corrected chi connectivity index (χ2v) is 4.17. The van der Waals surface area contributed by atoms with Gasteiger partial charge in [0.15, 0.2) is 0 Å². The van der Waals surface area contributed by atoms with E-state index in [1.165, 1.54) is 6.07 Å². The summed E-state index contributed by atoms with van der Waals surface area (Å²) in [7, 11) is 0. The molecular weight excluding hydrogens is 499 g/mol. The number of rotatable bonds is 4. The van der Waals surface area contributed by atoms with Crippen molar-refractivity contribution in [3.63, 3.8) is 0 Å². The Bertz CT molecular complexity index is 689. The third-order valence-corrected chi connectivity index (χ3v) is 2.67. The smallest absolute Gasteiger partial charge is 0.478 e. The number of aromatic carboxylic acids is 3. The molecule has 0 amide bonds. The van der Waals surface area contributed by atoms with E-state index in [4.69, 9.17) is 21.1 Å². The molecule has 0 atom stereocenters. The van der Waals surface area contributed by atoms with Gasteiger partial charge in [-0.25, -0.2) is 14.4 Å². The summed E-state index contributed by atoms with van der Waals surface area (Å²) in [5.74, 6) is -4.53. The van der Waals surface area contributed by atoms with Gasteiger partial charge in [-0.05, 0) is 24.3 Å². The van der Waals surface area contributed by atoms with Crippen LogP contribution < -0.4 is 5.73 Å². The van der Waals surface area contributed by atoms with Crippen LogP contribution in [0.3, 0.4) is 0 Å². The summed E-state index contributed by atoms with van der Waals surface area (Å²) in [5, 5.41) is 26.0.